The van der Waals surface area contributed by atoms with E-state index in [1.54, 1.807) is 0 Å². The molecule has 13 heavy (non-hydrogen) atoms. The van der Waals surface area contributed by atoms with Gasteiger partial charge in [-0.1, -0.05) is 0 Å². The lowest BCUT2D eigenvalue weighted by Gasteiger charge is -2.19. The zero-order chi connectivity index (χ0) is 9.84. The van der Waals surface area contributed by atoms with Crippen LogP contribution in [-0.2, 0) is 0 Å². The Kier molecular flexibility index (Phi) is 3.92. The molecular formula is C8H14BrN3O. The molecule has 0 bridgehead atoms. The lowest BCUT2D eigenvalue weighted by atomic mass is 10.2. The Labute approximate surface area is 86.2 Å². The number of rotatable bonds is 4. The van der Waals surface area contributed by atoms with Gasteiger partial charge in [-0.25, -0.2) is 10.4 Å². The molecule has 0 saturated heterocycles. The number of halogens is 1. The summed E-state index contributed by atoms with van der Waals surface area (Å²) in [5.41, 5.74) is 8.75. The monoisotopic (exact) mass is 247 g/mol. The molecule has 0 aliphatic heterocycles. The summed E-state index contributed by atoms with van der Waals surface area (Å²) in [6, 6.07) is 3.79. The van der Waals surface area contributed by atoms with E-state index in [0.29, 0.717) is 6.54 Å². The third-order valence-corrected chi connectivity index (χ3v) is 2.01. The second-order valence-corrected chi connectivity index (χ2v) is 3.74. The Morgan fingerprint density at radius 3 is 2.69 bits per heavy atom. The molecule has 0 radical (unpaired) electrons. The topological polar surface area (TPSA) is 54.4 Å². The maximum absolute atomic E-state index is 5.60. The van der Waals surface area contributed by atoms with Crippen molar-refractivity contribution >= 4 is 15.9 Å². The summed E-state index contributed by atoms with van der Waals surface area (Å²) in [6.45, 7) is 0.498. The minimum Gasteiger partial charge on any atom is -0.453 e. The van der Waals surface area contributed by atoms with Gasteiger partial charge in [0.1, 0.15) is 5.76 Å². The van der Waals surface area contributed by atoms with Gasteiger partial charge in [-0.3, -0.25) is 0 Å². The van der Waals surface area contributed by atoms with Crippen molar-refractivity contribution in [1.29, 1.82) is 0 Å². The summed E-state index contributed by atoms with van der Waals surface area (Å²) in [7, 11) is 3.83. The summed E-state index contributed by atoms with van der Waals surface area (Å²) in [5, 5.41) is 1.86. The van der Waals surface area contributed by atoms with Crippen LogP contribution >= 0.6 is 15.9 Å². The van der Waals surface area contributed by atoms with E-state index in [4.69, 9.17) is 10.2 Å². The first kappa shape index (κ1) is 10.7. The van der Waals surface area contributed by atoms with Crippen molar-refractivity contribution in [2.24, 2.45) is 5.73 Å². The average Bonchev–Trinajstić information content (AvgIpc) is 2.47. The van der Waals surface area contributed by atoms with Crippen LogP contribution in [0.5, 0.6) is 0 Å². The molecule has 3 N–H and O–H groups in total. The maximum Gasteiger partial charge on any atom is 0.169 e. The molecule has 1 aromatic heterocycles. The highest BCUT2D eigenvalue weighted by atomic mass is 79.9. The fourth-order valence-corrected chi connectivity index (χ4v) is 1.38. The lowest BCUT2D eigenvalue weighted by Crippen LogP contribution is -2.37. The molecule has 0 spiro atoms. The molecule has 0 fully saturated rings. The summed E-state index contributed by atoms with van der Waals surface area (Å²) in [4.78, 5) is 0. The number of nitrogens with two attached hydrogens (primary N) is 1. The molecule has 1 aromatic rings. The smallest absolute Gasteiger partial charge is 0.169 e. The molecule has 5 heteroatoms. The standard InChI is InChI=1S/C8H14BrN3O/c1-12(2)11-6(5-10)7-3-4-8(9)13-7/h3-4,6,11H,5,10H2,1-2H3. The van der Waals surface area contributed by atoms with Crippen molar-refractivity contribution < 1.29 is 4.42 Å². The Balaban J connectivity index is 2.66. The minimum atomic E-state index is 0.0290. The number of nitrogens with one attached hydrogen (secondary N) is 1. The molecule has 0 saturated carbocycles. The van der Waals surface area contributed by atoms with Crippen molar-refractivity contribution in [3.63, 3.8) is 0 Å². The highest BCUT2D eigenvalue weighted by Gasteiger charge is 2.13. The van der Waals surface area contributed by atoms with E-state index >= 15 is 0 Å². The first-order valence-electron chi connectivity index (χ1n) is 4.02. The highest BCUT2D eigenvalue weighted by Crippen LogP contribution is 2.19. The molecule has 1 unspecified atom stereocenters. The van der Waals surface area contributed by atoms with Crippen LogP contribution < -0.4 is 11.2 Å². The minimum absolute atomic E-state index is 0.0290. The van der Waals surface area contributed by atoms with Gasteiger partial charge in [-0.15, -0.1) is 0 Å². The number of hydrogen-bond acceptors (Lipinski definition) is 4. The van der Waals surface area contributed by atoms with Crippen molar-refractivity contribution in [3.05, 3.63) is 22.6 Å². The Morgan fingerprint density at radius 1 is 1.62 bits per heavy atom. The van der Waals surface area contributed by atoms with Crippen LogP contribution in [0, 0.1) is 0 Å². The van der Waals surface area contributed by atoms with E-state index in [-0.39, 0.29) is 6.04 Å². The highest BCUT2D eigenvalue weighted by molar-refractivity contribution is 9.10. The lowest BCUT2D eigenvalue weighted by molar-refractivity contribution is 0.226. The third kappa shape index (κ3) is 3.11. The summed E-state index contributed by atoms with van der Waals surface area (Å²) >= 11 is 3.25. The Hall–Kier alpha value is -0.360. The second kappa shape index (κ2) is 4.76. The van der Waals surface area contributed by atoms with Crippen molar-refractivity contribution in [3.8, 4) is 0 Å². The van der Waals surface area contributed by atoms with Gasteiger partial charge < -0.3 is 10.2 Å². The fourth-order valence-electron chi connectivity index (χ4n) is 1.06. The Morgan fingerprint density at radius 2 is 2.31 bits per heavy atom. The predicted octanol–water partition coefficient (Wildman–Crippen LogP) is 1.11. The zero-order valence-electron chi connectivity index (χ0n) is 7.75. The third-order valence-electron chi connectivity index (χ3n) is 1.59. The largest absolute Gasteiger partial charge is 0.453 e. The second-order valence-electron chi connectivity index (χ2n) is 2.95. The Bertz CT molecular complexity index is 262. The number of hydrazine groups is 1. The predicted molar refractivity (Wildman–Crippen MR) is 55.0 cm³/mol. The van der Waals surface area contributed by atoms with Crippen LogP contribution in [-0.4, -0.2) is 25.6 Å². The quantitative estimate of drug-likeness (QED) is 0.784. The van der Waals surface area contributed by atoms with Crippen LogP contribution in [0.4, 0.5) is 0 Å². The molecule has 0 aliphatic carbocycles. The van der Waals surface area contributed by atoms with E-state index in [0.717, 1.165) is 10.4 Å². The van der Waals surface area contributed by atoms with E-state index in [2.05, 4.69) is 21.4 Å². The van der Waals surface area contributed by atoms with Gasteiger partial charge in [0.05, 0.1) is 6.04 Å². The van der Waals surface area contributed by atoms with Crippen molar-refractivity contribution in [1.82, 2.24) is 10.4 Å². The van der Waals surface area contributed by atoms with E-state index < -0.39 is 0 Å². The zero-order valence-corrected chi connectivity index (χ0v) is 9.34. The molecule has 0 amide bonds. The van der Waals surface area contributed by atoms with Gasteiger partial charge in [0, 0.05) is 20.6 Å². The number of hydrogen-bond donors (Lipinski definition) is 2. The molecule has 0 aliphatic rings. The fraction of sp³-hybridized carbons (Fsp3) is 0.500. The number of furan rings is 1. The van der Waals surface area contributed by atoms with Crippen LogP contribution in [0.15, 0.2) is 21.2 Å². The maximum atomic E-state index is 5.60. The van der Waals surface area contributed by atoms with Gasteiger partial charge in [0.2, 0.25) is 0 Å². The van der Waals surface area contributed by atoms with E-state index in [1.807, 2.05) is 31.2 Å². The summed E-state index contributed by atoms with van der Waals surface area (Å²) in [6.07, 6.45) is 0. The SMILES string of the molecule is CN(C)NC(CN)c1ccc(Br)o1. The number of nitrogens with zero attached hydrogens (tertiary/aromatic N) is 1. The first-order chi connectivity index (χ1) is 6.13. The summed E-state index contributed by atoms with van der Waals surface area (Å²) < 4.78 is 6.11. The van der Waals surface area contributed by atoms with Gasteiger partial charge in [0.25, 0.3) is 0 Å². The molecule has 1 atom stereocenters. The van der Waals surface area contributed by atoms with E-state index in [1.165, 1.54) is 0 Å². The summed E-state index contributed by atoms with van der Waals surface area (Å²) in [5.74, 6) is 0.836. The van der Waals surface area contributed by atoms with Gasteiger partial charge in [-0.2, -0.15) is 0 Å². The molecule has 0 aromatic carbocycles. The normalized spacial score (nSPS) is 13.6. The van der Waals surface area contributed by atoms with Crippen molar-refractivity contribution in [2.45, 2.75) is 6.04 Å². The average molecular weight is 248 g/mol. The van der Waals surface area contributed by atoms with Gasteiger partial charge in [-0.05, 0) is 28.1 Å². The van der Waals surface area contributed by atoms with Crippen LogP contribution in [0.2, 0.25) is 0 Å². The molecule has 1 heterocycles. The molecule has 74 valence electrons. The van der Waals surface area contributed by atoms with Crippen molar-refractivity contribution in [2.75, 3.05) is 20.6 Å². The first-order valence-corrected chi connectivity index (χ1v) is 4.81. The molecule has 1 rings (SSSR count). The van der Waals surface area contributed by atoms with Gasteiger partial charge >= 0.3 is 0 Å². The molecular weight excluding hydrogens is 234 g/mol. The molecule has 4 nitrogen and oxygen atoms in total. The van der Waals surface area contributed by atoms with E-state index in [9.17, 15) is 0 Å². The van der Waals surface area contributed by atoms with Crippen LogP contribution in [0.25, 0.3) is 0 Å². The van der Waals surface area contributed by atoms with Gasteiger partial charge in [0.15, 0.2) is 4.67 Å². The van der Waals surface area contributed by atoms with Crippen LogP contribution in [0.3, 0.4) is 0 Å². The van der Waals surface area contributed by atoms with Crippen LogP contribution in [0.1, 0.15) is 11.8 Å².